The quantitative estimate of drug-likeness (QED) is 0.236. The van der Waals surface area contributed by atoms with Crippen molar-refractivity contribution in [2.24, 2.45) is 10.9 Å². The number of nitrogens with two attached hydrogens (primary N) is 1. The molecule has 4 N–H and O–H groups in total. The van der Waals surface area contributed by atoms with Crippen molar-refractivity contribution in [1.29, 1.82) is 0 Å². The summed E-state index contributed by atoms with van der Waals surface area (Å²) < 4.78 is 5.23. The highest BCUT2D eigenvalue weighted by Gasteiger charge is 2.08. The fourth-order valence-electron chi connectivity index (χ4n) is 1.46. The average molecular weight is 300 g/mol. The van der Waals surface area contributed by atoms with Gasteiger partial charge in [-0.3, -0.25) is 4.79 Å². The van der Waals surface area contributed by atoms with Gasteiger partial charge in [0.1, 0.15) is 0 Å². The minimum absolute atomic E-state index is 0.0524. The SMILES string of the molecule is CCCOCCC(=O)Nc1cc(/C(N)=N/O)ccc1Cl. The first-order valence-corrected chi connectivity index (χ1v) is 6.61. The first kappa shape index (κ1) is 16.3. The van der Waals surface area contributed by atoms with Crippen LogP contribution in [0, 0.1) is 0 Å². The maximum Gasteiger partial charge on any atom is 0.226 e. The molecular weight excluding hydrogens is 282 g/mol. The van der Waals surface area contributed by atoms with Crippen LogP contribution in [0.15, 0.2) is 23.4 Å². The number of nitrogens with one attached hydrogen (secondary N) is 1. The van der Waals surface area contributed by atoms with Crippen LogP contribution < -0.4 is 11.1 Å². The van der Waals surface area contributed by atoms with Crippen LogP contribution in [0.25, 0.3) is 0 Å². The van der Waals surface area contributed by atoms with Crippen LogP contribution in [0.5, 0.6) is 0 Å². The zero-order valence-corrected chi connectivity index (χ0v) is 12.0. The average Bonchev–Trinajstić information content (AvgIpc) is 2.45. The maximum atomic E-state index is 11.7. The molecule has 7 heteroatoms. The number of carbonyl (C=O) groups excluding carboxylic acids is 1. The zero-order valence-electron chi connectivity index (χ0n) is 11.2. The molecule has 0 saturated carbocycles. The molecule has 0 saturated heterocycles. The number of benzene rings is 1. The van der Waals surface area contributed by atoms with Crippen LogP contribution in [0.4, 0.5) is 5.69 Å². The number of rotatable bonds is 7. The number of carbonyl (C=O) groups is 1. The molecule has 0 unspecified atom stereocenters. The highest BCUT2D eigenvalue weighted by molar-refractivity contribution is 6.33. The van der Waals surface area contributed by atoms with Gasteiger partial charge < -0.3 is 21.0 Å². The monoisotopic (exact) mass is 299 g/mol. The van der Waals surface area contributed by atoms with E-state index in [0.717, 1.165) is 6.42 Å². The van der Waals surface area contributed by atoms with Gasteiger partial charge in [0.15, 0.2) is 5.84 Å². The summed E-state index contributed by atoms with van der Waals surface area (Å²) in [6.07, 6.45) is 1.15. The van der Waals surface area contributed by atoms with Crippen LogP contribution in [0.2, 0.25) is 5.02 Å². The van der Waals surface area contributed by atoms with Gasteiger partial charge in [-0.25, -0.2) is 0 Å². The third-order valence-electron chi connectivity index (χ3n) is 2.47. The third-order valence-corrected chi connectivity index (χ3v) is 2.80. The highest BCUT2D eigenvalue weighted by atomic mass is 35.5. The summed E-state index contributed by atoms with van der Waals surface area (Å²) >= 11 is 5.98. The molecule has 0 aliphatic rings. The number of ether oxygens (including phenoxy) is 1. The highest BCUT2D eigenvalue weighted by Crippen LogP contribution is 2.23. The molecule has 0 atom stereocenters. The molecule has 0 aliphatic carbocycles. The molecule has 1 amide bonds. The Morgan fingerprint density at radius 1 is 1.50 bits per heavy atom. The third kappa shape index (κ3) is 5.07. The Labute approximate surface area is 122 Å². The van der Waals surface area contributed by atoms with Crippen molar-refractivity contribution in [2.75, 3.05) is 18.5 Å². The van der Waals surface area contributed by atoms with E-state index in [1.54, 1.807) is 18.2 Å². The summed E-state index contributed by atoms with van der Waals surface area (Å²) in [6.45, 7) is 2.99. The number of anilines is 1. The largest absolute Gasteiger partial charge is 0.409 e. The fourth-order valence-corrected chi connectivity index (χ4v) is 1.63. The van der Waals surface area contributed by atoms with Crippen molar-refractivity contribution >= 4 is 29.0 Å². The molecule has 1 aromatic rings. The fraction of sp³-hybridized carbons (Fsp3) is 0.385. The van der Waals surface area contributed by atoms with Crippen molar-refractivity contribution in [3.8, 4) is 0 Å². The predicted octanol–water partition coefficient (Wildman–Crippen LogP) is 2.19. The lowest BCUT2D eigenvalue weighted by molar-refractivity contribution is -0.117. The van der Waals surface area contributed by atoms with Gasteiger partial charge in [0.05, 0.1) is 23.7 Å². The number of nitrogens with zero attached hydrogens (tertiary/aromatic N) is 1. The molecular formula is C13H18ClN3O3. The molecule has 0 radical (unpaired) electrons. The van der Waals surface area contributed by atoms with Crippen LogP contribution in [-0.2, 0) is 9.53 Å². The number of halogens is 1. The molecule has 110 valence electrons. The zero-order chi connectivity index (χ0) is 15.0. The number of hydrogen-bond acceptors (Lipinski definition) is 4. The van der Waals surface area contributed by atoms with Crippen LogP contribution in [0.1, 0.15) is 25.3 Å². The Bertz CT molecular complexity index is 492. The number of hydrogen-bond donors (Lipinski definition) is 3. The summed E-state index contributed by atoms with van der Waals surface area (Å²) in [7, 11) is 0. The number of amidine groups is 1. The number of amides is 1. The van der Waals surface area contributed by atoms with E-state index in [0.29, 0.717) is 29.5 Å². The van der Waals surface area contributed by atoms with E-state index in [4.69, 9.17) is 27.3 Å². The van der Waals surface area contributed by atoms with Crippen molar-refractivity contribution in [2.45, 2.75) is 19.8 Å². The van der Waals surface area contributed by atoms with Crippen molar-refractivity contribution < 1.29 is 14.7 Å². The lowest BCUT2D eigenvalue weighted by Gasteiger charge is -2.09. The summed E-state index contributed by atoms with van der Waals surface area (Å²) in [5.74, 6) is -0.261. The summed E-state index contributed by atoms with van der Waals surface area (Å²) in [5.41, 5.74) is 6.36. The van der Waals surface area contributed by atoms with Crippen molar-refractivity contribution in [1.82, 2.24) is 0 Å². The molecule has 0 spiro atoms. The van der Waals surface area contributed by atoms with Crippen LogP contribution >= 0.6 is 11.6 Å². The second-order valence-electron chi connectivity index (χ2n) is 4.09. The van der Waals surface area contributed by atoms with Gasteiger partial charge in [0.25, 0.3) is 0 Å². The molecule has 0 aliphatic heterocycles. The van der Waals surface area contributed by atoms with Gasteiger partial charge in [0, 0.05) is 12.2 Å². The van der Waals surface area contributed by atoms with E-state index in [1.165, 1.54) is 0 Å². The molecule has 0 fully saturated rings. The van der Waals surface area contributed by atoms with Gasteiger partial charge in [-0.2, -0.15) is 0 Å². The summed E-state index contributed by atoms with van der Waals surface area (Å²) in [6, 6.07) is 4.71. The maximum absolute atomic E-state index is 11.7. The van der Waals surface area contributed by atoms with Gasteiger partial charge in [-0.05, 0) is 24.6 Å². The summed E-state index contributed by atoms with van der Waals surface area (Å²) in [4.78, 5) is 11.7. The Kier molecular flexibility index (Phi) is 6.83. The minimum Gasteiger partial charge on any atom is -0.409 e. The second kappa shape index (κ2) is 8.39. The molecule has 0 bridgehead atoms. The first-order chi connectivity index (χ1) is 9.58. The first-order valence-electron chi connectivity index (χ1n) is 6.23. The van der Waals surface area contributed by atoms with Crippen molar-refractivity contribution in [3.63, 3.8) is 0 Å². The van der Waals surface area contributed by atoms with Crippen molar-refractivity contribution in [3.05, 3.63) is 28.8 Å². The molecule has 1 aromatic carbocycles. The van der Waals surface area contributed by atoms with E-state index in [-0.39, 0.29) is 18.2 Å². The van der Waals surface area contributed by atoms with E-state index in [2.05, 4.69) is 10.5 Å². The predicted molar refractivity (Wildman–Crippen MR) is 78.3 cm³/mol. The smallest absolute Gasteiger partial charge is 0.226 e. The van der Waals surface area contributed by atoms with E-state index < -0.39 is 0 Å². The van der Waals surface area contributed by atoms with Gasteiger partial charge >= 0.3 is 0 Å². The Morgan fingerprint density at radius 2 is 2.25 bits per heavy atom. The van der Waals surface area contributed by atoms with E-state index >= 15 is 0 Å². The standard InChI is InChI=1S/C13H18ClN3O3/c1-2-6-20-7-5-12(18)16-11-8-9(13(15)17-19)3-4-10(11)14/h3-4,8,19H,2,5-7H2,1H3,(H2,15,17)(H,16,18). The molecule has 20 heavy (non-hydrogen) atoms. The van der Waals surface area contributed by atoms with Crippen LogP contribution in [0.3, 0.4) is 0 Å². The van der Waals surface area contributed by atoms with Crippen LogP contribution in [-0.4, -0.2) is 30.2 Å². The lowest BCUT2D eigenvalue weighted by Crippen LogP contribution is -2.16. The second-order valence-corrected chi connectivity index (χ2v) is 4.50. The van der Waals surface area contributed by atoms with Gasteiger partial charge in [0.2, 0.25) is 5.91 Å². The minimum atomic E-state index is -0.209. The number of oxime groups is 1. The van der Waals surface area contributed by atoms with E-state index in [1.807, 2.05) is 6.92 Å². The lowest BCUT2D eigenvalue weighted by atomic mass is 10.2. The van der Waals surface area contributed by atoms with Gasteiger partial charge in [-0.15, -0.1) is 0 Å². The molecule has 6 nitrogen and oxygen atoms in total. The Morgan fingerprint density at radius 3 is 2.90 bits per heavy atom. The summed E-state index contributed by atoms with van der Waals surface area (Å²) in [5, 5.41) is 14.6. The molecule has 0 aromatic heterocycles. The Balaban J connectivity index is 2.64. The van der Waals surface area contributed by atoms with Gasteiger partial charge in [-0.1, -0.05) is 23.7 Å². The Hall–Kier alpha value is -1.79. The van der Waals surface area contributed by atoms with E-state index in [9.17, 15) is 4.79 Å². The topological polar surface area (TPSA) is 96.9 Å². The molecule has 1 rings (SSSR count). The molecule has 0 heterocycles. The normalized spacial score (nSPS) is 11.4.